The molecule has 0 saturated carbocycles. The number of rotatable bonds is 6. The van der Waals surface area contributed by atoms with Gasteiger partial charge in [-0.2, -0.15) is 5.10 Å². The molecule has 20 heavy (non-hydrogen) atoms. The molecule has 114 valence electrons. The lowest BCUT2D eigenvalue weighted by molar-refractivity contribution is 0.180. The second kappa shape index (κ2) is 6.97. The summed E-state index contributed by atoms with van der Waals surface area (Å²) in [5.74, 6) is 0.994. The molecule has 1 unspecified atom stereocenters. The van der Waals surface area contributed by atoms with Gasteiger partial charge in [0.2, 0.25) is 0 Å². The zero-order valence-electron chi connectivity index (χ0n) is 13.2. The van der Waals surface area contributed by atoms with Gasteiger partial charge in [0.25, 0.3) is 0 Å². The number of nitrogens with two attached hydrogens (primary N) is 1. The van der Waals surface area contributed by atoms with Crippen LogP contribution >= 0.6 is 0 Å². The van der Waals surface area contributed by atoms with Crippen LogP contribution in [0, 0.1) is 6.92 Å². The number of piperidine rings is 1. The van der Waals surface area contributed by atoms with Crippen LogP contribution in [0.3, 0.4) is 0 Å². The van der Waals surface area contributed by atoms with Crippen LogP contribution in [0.5, 0.6) is 0 Å². The summed E-state index contributed by atoms with van der Waals surface area (Å²) >= 11 is 0. The summed E-state index contributed by atoms with van der Waals surface area (Å²) in [7, 11) is 0. The minimum Gasteiger partial charge on any atom is -0.394 e. The van der Waals surface area contributed by atoms with E-state index in [2.05, 4.69) is 29.2 Å². The lowest BCUT2D eigenvalue weighted by Crippen LogP contribution is -2.41. The molecule has 1 fully saturated rings. The molecule has 0 aliphatic carbocycles. The predicted molar refractivity (Wildman–Crippen MR) is 85.0 cm³/mol. The zero-order valence-corrected chi connectivity index (χ0v) is 13.2. The molecule has 1 aliphatic rings. The summed E-state index contributed by atoms with van der Waals surface area (Å²) in [6.45, 7) is 10.7. The molecule has 1 saturated heterocycles. The van der Waals surface area contributed by atoms with Crippen molar-refractivity contribution in [1.82, 2.24) is 14.7 Å². The third-order valence-electron chi connectivity index (χ3n) is 4.19. The first-order chi connectivity index (χ1) is 9.63. The molecule has 3 N–H and O–H groups in total. The molecule has 0 radical (unpaired) electrons. The van der Waals surface area contributed by atoms with E-state index in [1.54, 1.807) is 0 Å². The molecule has 1 aromatic rings. The van der Waals surface area contributed by atoms with E-state index in [9.17, 15) is 0 Å². The Morgan fingerprint density at radius 2 is 2.00 bits per heavy atom. The SMILES string of the molecule is CCCn1nc(C)c(N)c1NCC(C)N1CCCCC1. The zero-order chi connectivity index (χ0) is 14.5. The highest BCUT2D eigenvalue weighted by atomic mass is 15.3. The first kappa shape index (κ1) is 15.2. The molecule has 1 aliphatic heterocycles. The maximum atomic E-state index is 6.14. The molecule has 5 nitrogen and oxygen atoms in total. The number of likely N-dealkylation sites (tertiary alicyclic amines) is 1. The molecule has 1 atom stereocenters. The highest BCUT2D eigenvalue weighted by molar-refractivity contribution is 5.64. The van der Waals surface area contributed by atoms with Crippen LogP contribution in [0.4, 0.5) is 11.5 Å². The number of nitrogens with one attached hydrogen (secondary N) is 1. The summed E-state index contributed by atoms with van der Waals surface area (Å²) in [6.07, 6.45) is 5.11. The molecular weight excluding hydrogens is 250 g/mol. The second-order valence-electron chi connectivity index (χ2n) is 5.90. The van der Waals surface area contributed by atoms with Gasteiger partial charge in [-0.05, 0) is 46.2 Å². The van der Waals surface area contributed by atoms with Gasteiger partial charge in [-0.3, -0.25) is 4.90 Å². The smallest absolute Gasteiger partial charge is 0.148 e. The maximum absolute atomic E-state index is 6.14. The van der Waals surface area contributed by atoms with Crippen molar-refractivity contribution in [2.75, 3.05) is 30.7 Å². The van der Waals surface area contributed by atoms with Gasteiger partial charge < -0.3 is 11.1 Å². The van der Waals surface area contributed by atoms with Gasteiger partial charge in [0, 0.05) is 19.1 Å². The molecule has 0 amide bonds. The summed E-state index contributed by atoms with van der Waals surface area (Å²) in [5, 5.41) is 8.02. The van der Waals surface area contributed by atoms with Crippen LogP contribution in [0.25, 0.3) is 0 Å². The van der Waals surface area contributed by atoms with Crippen molar-refractivity contribution in [2.24, 2.45) is 0 Å². The van der Waals surface area contributed by atoms with Crippen molar-refractivity contribution in [3.05, 3.63) is 5.69 Å². The Morgan fingerprint density at radius 1 is 1.30 bits per heavy atom. The molecule has 1 aromatic heterocycles. The summed E-state index contributed by atoms with van der Waals surface area (Å²) < 4.78 is 2.01. The summed E-state index contributed by atoms with van der Waals surface area (Å²) in [4.78, 5) is 2.57. The van der Waals surface area contributed by atoms with E-state index in [0.717, 1.165) is 36.7 Å². The Balaban J connectivity index is 1.95. The Hall–Kier alpha value is -1.23. The Bertz CT molecular complexity index is 420. The fourth-order valence-corrected chi connectivity index (χ4v) is 2.89. The number of hydrogen-bond acceptors (Lipinski definition) is 4. The van der Waals surface area contributed by atoms with E-state index < -0.39 is 0 Å². The number of nitrogen functional groups attached to an aromatic ring is 1. The molecule has 2 heterocycles. The van der Waals surface area contributed by atoms with Crippen LogP contribution in [-0.4, -0.2) is 40.4 Å². The van der Waals surface area contributed by atoms with Crippen LogP contribution in [0.2, 0.25) is 0 Å². The average Bonchev–Trinajstić information content (AvgIpc) is 2.73. The van der Waals surface area contributed by atoms with Crippen molar-refractivity contribution in [3.63, 3.8) is 0 Å². The van der Waals surface area contributed by atoms with E-state index in [0.29, 0.717) is 6.04 Å². The van der Waals surface area contributed by atoms with Crippen molar-refractivity contribution in [3.8, 4) is 0 Å². The van der Waals surface area contributed by atoms with Crippen LogP contribution in [-0.2, 0) is 6.54 Å². The van der Waals surface area contributed by atoms with E-state index in [1.807, 2.05) is 11.6 Å². The van der Waals surface area contributed by atoms with Gasteiger partial charge in [-0.25, -0.2) is 4.68 Å². The minimum absolute atomic E-state index is 0.542. The quantitative estimate of drug-likeness (QED) is 0.840. The molecule has 2 rings (SSSR count). The van der Waals surface area contributed by atoms with E-state index in [1.165, 1.54) is 32.4 Å². The Labute approximate surface area is 122 Å². The van der Waals surface area contributed by atoms with Gasteiger partial charge in [-0.1, -0.05) is 13.3 Å². The van der Waals surface area contributed by atoms with Crippen LogP contribution < -0.4 is 11.1 Å². The third kappa shape index (κ3) is 3.45. The molecular formula is C15H29N5. The fourth-order valence-electron chi connectivity index (χ4n) is 2.89. The maximum Gasteiger partial charge on any atom is 0.148 e. The lowest BCUT2D eigenvalue weighted by Gasteiger charge is -2.32. The Kier molecular flexibility index (Phi) is 5.29. The van der Waals surface area contributed by atoms with Crippen molar-refractivity contribution >= 4 is 11.5 Å². The van der Waals surface area contributed by atoms with Gasteiger partial charge in [0.15, 0.2) is 0 Å². The van der Waals surface area contributed by atoms with E-state index >= 15 is 0 Å². The minimum atomic E-state index is 0.542. The Morgan fingerprint density at radius 3 is 2.65 bits per heavy atom. The molecule has 0 bridgehead atoms. The van der Waals surface area contributed by atoms with Gasteiger partial charge in [-0.15, -0.1) is 0 Å². The monoisotopic (exact) mass is 279 g/mol. The summed E-state index contributed by atoms with van der Waals surface area (Å²) in [6, 6.07) is 0.542. The normalized spacial score (nSPS) is 18.1. The highest BCUT2D eigenvalue weighted by Crippen LogP contribution is 2.23. The largest absolute Gasteiger partial charge is 0.394 e. The first-order valence-corrected chi connectivity index (χ1v) is 7.94. The van der Waals surface area contributed by atoms with Crippen molar-refractivity contribution < 1.29 is 0 Å². The first-order valence-electron chi connectivity index (χ1n) is 7.94. The molecule has 0 spiro atoms. The number of aryl methyl sites for hydroxylation is 2. The lowest BCUT2D eigenvalue weighted by atomic mass is 10.1. The van der Waals surface area contributed by atoms with Gasteiger partial charge in [0.1, 0.15) is 5.82 Å². The van der Waals surface area contributed by atoms with Crippen LogP contribution in [0.1, 0.15) is 45.2 Å². The van der Waals surface area contributed by atoms with E-state index in [4.69, 9.17) is 5.73 Å². The van der Waals surface area contributed by atoms with Crippen molar-refractivity contribution in [2.45, 2.75) is 59.0 Å². The molecule has 0 aromatic carbocycles. The third-order valence-corrected chi connectivity index (χ3v) is 4.19. The second-order valence-corrected chi connectivity index (χ2v) is 5.90. The number of aromatic nitrogens is 2. The number of anilines is 2. The summed E-state index contributed by atoms with van der Waals surface area (Å²) in [5.41, 5.74) is 7.86. The van der Waals surface area contributed by atoms with Gasteiger partial charge >= 0.3 is 0 Å². The fraction of sp³-hybridized carbons (Fsp3) is 0.800. The number of hydrogen-bond donors (Lipinski definition) is 2. The average molecular weight is 279 g/mol. The standard InChI is InChI=1S/C15H29N5/c1-4-8-20-15(14(16)13(3)18-20)17-11-12(2)19-9-6-5-7-10-19/h12,17H,4-11,16H2,1-3H3. The highest BCUT2D eigenvalue weighted by Gasteiger charge is 2.18. The van der Waals surface area contributed by atoms with Crippen molar-refractivity contribution in [1.29, 1.82) is 0 Å². The van der Waals surface area contributed by atoms with E-state index in [-0.39, 0.29) is 0 Å². The molecule has 5 heteroatoms. The predicted octanol–water partition coefficient (Wildman–Crippen LogP) is 2.47. The van der Waals surface area contributed by atoms with Crippen LogP contribution in [0.15, 0.2) is 0 Å². The number of nitrogens with zero attached hydrogens (tertiary/aromatic N) is 3. The topological polar surface area (TPSA) is 59.1 Å². The van der Waals surface area contributed by atoms with Gasteiger partial charge in [0.05, 0.1) is 11.4 Å².